The van der Waals surface area contributed by atoms with Gasteiger partial charge in [-0.05, 0) is 30.3 Å². The first-order chi connectivity index (χ1) is 12.0. The maximum Gasteiger partial charge on any atom is 0.339 e. The fourth-order valence-corrected chi connectivity index (χ4v) is 2.99. The van der Waals surface area contributed by atoms with Crippen molar-refractivity contribution in [3.8, 4) is 5.75 Å². The number of carbonyl (C=O) groups excluding carboxylic acids is 2. The Morgan fingerprint density at radius 3 is 2.64 bits per heavy atom. The minimum absolute atomic E-state index is 0.148. The second-order valence-electron chi connectivity index (χ2n) is 5.03. The number of halogens is 1. The Balaban J connectivity index is 1.94. The molecule has 2 rings (SSSR count). The van der Waals surface area contributed by atoms with Crippen molar-refractivity contribution in [1.29, 1.82) is 0 Å². The third-order valence-corrected chi connectivity index (χ3v) is 4.32. The Bertz CT molecular complexity index is 766. The third kappa shape index (κ3) is 5.22. The Hall–Kier alpha value is -2.54. The molecule has 0 fully saturated rings. The highest BCUT2D eigenvalue weighted by Crippen LogP contribution is 2.24. The van der Waals surface area contributed by atoms with Crippen LogP contribution in [0.1, 0.15) is 15.9 Å². The molecular formula is C18H18FNO4S. The summed E-state index contributed by atoms with van der Waals surface area (Å²) in [5.41, 5.74) is 1.36. The maximum atomic E-state index is 13.3. The van der Waals surface area contributed by atoms with Crippen LogP contribution in [-0.2, 0) is 15.3 Å². The van der Waals surface area contributed by atoms with Gasteiger partial charge in [0.15, 0.2) is 0 Å². The fourth-order valence-electron chi connectivity index (χ4n) is 2.18. The number of anilines is 1. The topological polar surface area (TPSA) is 64.6 Å². The van der Waals surface area contributed by atoms with E-state index in [9.17, 15) is 14.0 Å². The van der Waals surface area contributed by atoms with Crippen molar-refractivity contribution >= 4 is 29.3 Å². The smallest absolute Gasteiger partial charge is 0.339 e. The largest absolute Gasteiger partial charge is 0.496 e. The van der Waals surface area contributed by atoms with Crippen LogP contribution >= 0.6 is 11.8 Å². The lowest BCUT2D eigenvalue weighted by atomic mass is 10.2. The first-order valence-corrected chi connectivity index (χ1v) is 8.58. The van der Waals surface area contributed by atoms with Crippen LogP contribution in [0.15, 0.2) is 42.5 Å². The number of carbonyl (C=O) groups is 2. The summed E-state index contributed by atoms with van der Waals surface area (Å²) in [5, 5.41) is 2.69. The van der Waals surface area contributed by atoms with E-state index in [1.165, 1.54) is 38.1 Å². The molecule has 2 aromatic rings. The van der Waals surface area contributed by atoms with Crippen molar-refractivity contribution in [2.24, 2.45) is 0 Å². The monoisotopic (exact) mass is 363 g/mol. The first-order valence-electron chi connectivity index (χ1n) is 7.42. The van der Waals surface area contributed by atoms with Gasteiger partial charge in [0.1, 0.15) is 11.6 Å². The molecule has 0 heterocycles. The van der Waals surface area contributed by atoms with Crippen molar-refractivity contribution in [3.05, 3.63) is 59.4 Å². The average molecular weight is 363 g/mol. The standard InChI is InChI=1S/C18H18FNO4S/c1-23-16-8-7-13(19)9-12(16)10-25-11-17(21)20-15-6-4-3-5-14(15)18(22)24-2/h3-9H,10-11H2,1-2H3,(H,20,21). The van der Waals surface area contributed by atoms with E-state index in [0.717, 1.165) is 0 Å². The number of ether oxygens (including phenoxy) is 2. The van der Waals surface area contributed by atoms with Gasteiger partial charge < -0.3 is 14.8 Å². The van der Waals surface area contributed by atoms with E-state index in [2.05, 4.69) is 10.1 Å². The van der Waals surface area contributed by atoms with Crippen molar-refractivity contribution in [1.82, 2.24) is 0 Å². The van der Waals surface area contributed by atoms with E-state index in [0.29, 0.717) is 22.8 Å². The van der Waals surface area contributed by atoms with Gasteiger partial charge in [-0.15, -0.1) is 11.8 Å². The molecule has 1 N–H and O–H groups in total. The number of amides is 1. The van der Waals surface area contributed by atoms with Gasteiger partial charge in [-0.1, -0.05) is 12.1 Å². The highest BCUT2D eigenvalue weighted by atomic mass is 32.2. The quantitative estimate of drug-likeness (QED) is 0.763. The molecule has 0 aromatic heterocycles. The van der Waals surface area contributed by atoms with E-state index in [-0.39, 0.29) is 23.0 Å². The molecule has 25 heavy (non-hydrogen) atoms. The van der Waals surface area contributed by atoms with Crippen LogP contribution < -0.4 is 10.1 Å². The van der Waals surface area contributed by atoms with Gasteiger partial charge in [0.05, 0.1) is 31.2 Å². The normalized spacial score (nSPS) is 10.2. The second-order valence-corrected chi connectivity index (χ2v) is 6.02. The highest BCUT2D eigenvalue weighted by molar-refractivity contribution is 7.99. The number of nitrogens with one attached hydrogen (secondary N) is 1. The predicted molar refractivity (Wildman–Crippen MR) is 95.5 cm³/mol. The lowest BCUT2D eigenvalue weighted by Crippen LogP contribution is -2.17. The molecule has 0 aliphatic heterocycles. The van der Waals surface area contributed by atoms with Crippen LogP contribution in [0.5, 0.6) is 5.75 Å². The molecule has 7 heteroatoms. The minimum atomic E-state index is -0.520. The lowest BCUT2D eigenvalue weighted by Gasteiger charge is -2.10. The van der Waals surface area contributed by atoms with Crippen molar-refractivity contribution < 1.29 is 23.5 Å². The maximum absolute atomic E-state index is 13.3. The number of hydrogen-bond donors (Lipinski definition) is 1. The molecule has 0 saturated heterocycles. The summed E-state index contributed by atoms with van der Waals surface area (Å²) < 4.78 is 23.2. The molecule has 0 atom stereocenters. The molecule has 132 valence electrons. The van der Waals surface area contributed by atoms with Crippen molar-refractivity contribution in [2.75, 3.05) is 25.3 Å². The van der Waals surface area contributed by atoms with Gasteiger partial charge in [0.2, 0.25) is 5.91 Å². The third-order valence-electron chi connectivity index (χ3n) is 3.34. The first kappa shape index (κ1) is 18.8. The molecule has 0 saturated carbocycles. The number of benzene rings is 2. The average Bonchev–Trinajstić information content (AvgIpc) is 2.61. The van der Waals surface area contributed by atoms with E-state index in [1.54, 1.807) is 30.3 Å². The van der Waals surface area contributed by atoms with Gasteiger partial charge in [-0.3, -0.25) is 4.79 Å². The van der Waals surface area contributed by atoms with Gasteiger partial charge in [-0.25, -0.2) is 9.18 Å². The number of hydrogen-bond acceptors (Lipinski definition) is 5. The molecule has 1 amide bonds. The molecule has 0 bridgehead atoms. The van der Waals surface area contributed by atoms with E-state index in [4.69, 9.17) is 4.74 Å². The van der Waals surface area contributed by atoms with E-state index in [1.807, 2.05) is 0 Å². The van der Waals surface area contributed by atoms with Gasteiger partial charge in [0.25, 0.3) is 0 Å². The molecular weight excluding hydrogens is 345 g/mol. The molecule has 0 aliphatic carbocycles. The molecule has 2 aromatic carbocycles. The highest BCUT2D eigenvalue weighted by Gasteiger charge is 2.13. The van der Waals surface area contributed by atoms with Gasteiger partial charge in [0, 0.05) is 11.3 Å². The van der Waals surface area contributed by atoms with E-state index >= 15 is 0 Å². The molecule has 5 nitrogen and oxygen atoms in total. The zero-order valence-electron chi connectivity index (χ0n) is 13.9. The number of esters is 1. The Kier molecular flexibility index (Phi) is 6.82. The minimum Gasteiger partial charge on any atom is -0.496 e. The van der Waals surface area contributed by atoms with Crippen molar-refractivity contribution in [2.45, 2.75) is 5.75 Å². The second kappa shape index (κ2) is 9.08. The number of thioether (sulfide) groups is 1. The number of para-hydroxylation sites is 1. The summed E-state index contributed by atoms with van der Waals surface area (Å²) in [6, 6.07) is 10.9. The fraction of sp³-hybridized carbons (Fsp3) is 0.222. The van der Waals surface area contributed by atoms with Crippen LogP contribution in [0.4, 0.5) is 10.1 Å². The van der Waals surface area contributed by atoms with Gasteiger partial charge >= 0.3 is 5.97 Å². The van der Waals surface area contributed by atoms with Crippen LogP contribution in [-0.4, -0.2) is 31.8 Å². The summed E-state index contributed by atoms with van der Waals surface area (Å²) in [6.07, 6.45) is 0. The Morgan fingerprint density at radius 2 is 1.92 bits per heavy atom. The molecule has 0 unspecified atom stereocenters. The van der Waals surface area contributed by atoms with Crippen LogP contribution in [0.25, 0.3) is 0 Å². The number of rotatable bonds is 7. The lowest BCUT2D eigenvalue weighted by molar-refractivity contribution is -0.113. The van der Waals surface area contributed by atoms with Crippen molar-refractivity contribution in [3.63, 3.8) is 0 Å². The SMILES string of the molecule is COC(=O)c1ccccc1NC(=O)CSCc1cc(F)ccc1OC. The number of methoxy groups -OCH3 is 2. The molecule has 0 spiro atoms. The van der Waals surface area contributed by atoms with E-state index < -0.39 is 5.97 Å². The summed E-state index contributed by atoms with van der Waals surface area (Å²) >= 11 is 1.32. The zero-order chi connectivity index (χ0) is 18.2. The van der Waals surface area contributed by atoms with Crippen LogP contribution in [0.2, 0.25) is 0 Å². The zero-order valence-corrected chi connectivity index (χ0v) is 14.7. The van der Waals surface area contributed by atoms with Crippen LogP contribution in [0, 0.1) is 5.82 Å². The molecule has 0 radical (unpaired) electrons. The summed E-state index contributed by atoms with van der Waals surface area (Å²) in [4.78, 5) is 23.8. The van der Waals surface area contributed by atoms with Crippen LogP contribution in [0.3, 0.4) is 0 Å². The van der Waals surface area contributed by atoms with Gasteiger partial charge in [-0.2, -0.15) is 0 Å². The summed E-state index contributed by atoms with van der Waals surface area (Å²) in [6.45, 7) is 0. The predicted octanol–water partition coefficient (Wildman–Crippen LogP) is 3.49. The Morgan fingerprint density at radius 1 is 1.16 bits per heavy atom. The summed E-state index contributed by atoms with van der Waals surface area (Å²) in [7, 11) is 2.79. The molecule has 0 aliphatic rings. The summed E-state index contributed by atoms with van der Waals surface area (Å²) in [5.74, 6) is 0.00491. The Labute approximate surface area is 149 Å².